The standard InChI is InChI=1S/C12H14FNO/c1-8-12(2,7-11(15)14-8)9-5-3-4-6-10(9)13/h3-6,8H,7H2,1-2H3,(H,14,15). The van der Waals surface area contributed by atoms with Gasteiger partial charge in [-0.3, -0.25) is 4.79 Å². The van der Waals surface area contributed by atoms with E-state index in [2.05, 4.69) is 5.32 Å². The molecule has 1 N–H and O–H groups in total. The average molecular weight is 207 g/mol. The quantitative estimate of drug-likeness (QED) is 0.749. The van der Waals surface area contributed by atoms with Crippen LogP contribution in [0.3, 0.4) is 0 Å². The molecule has 0 aliphatic carbocycles. The van der Waals surface area contributed by atoms with Gasteiger partial charge in [-0.2, -0.15) is 0 Å². The van der Waals surface area contributed by atoms with Crippen molar-refractivity contribution in [1.29, 1.82) is 0 Å². The Kier molecular flexibility index (Phi) is 2.25. The zero-order valence-electron chi connectivity index (χ0n) is 8.88. The van der Waals surface area contributed by atoms with Crippen molar-refractivity contribution in [1.82, 2.24) is 5.32 Å². The molecule has 2 unspecified atom stereocenters. The van der Waals surface area contributed by atoms with Crippen LogP contribution in [0.25, 0.3) is 0 Å². The molecule has 1 aromatic carbocycles. The summed E-state index contributed by atoms with van der Waals surface area (Å²) in [5.74, 6) is -0.239. The number of halogens is 1. The molecule has 1 aromatic rings. The first kappa shape index (κ1) is 10.1. The van der Waals surface area contributed by atoms with Crippen LogP contribution in [0.15, 0.2) is 24.3 Å². The maximum absolute atomic E-state index is 13.6. The highest BCUT2D eigenvalue weighted by Crippen LogP contribution is 2.36. The first-order chi connectivity index (χ1) is 7.04. The minimum absolute atomic E-state index is 0.00625. The topological polar surface area (TPSA) is 29.1 Å². The molecule has 0 spiro atoms. The number of benzene rings is 1. The Hall–Kier alpha value is -1.38. The normalized spacial score (nSPS) is 30.3. The third-order valence-corrected chi connectivity index (χ3v) is 3.35. The van der Waals surface area contributed by atoms with E-state index >= 15 is 0 Å². The van der Waals surface area contributed by atoms with Gasteiger partial charge in [0.1, 0.15) is 5.82 Å². The Labute approximate surface area is 88.5 Å². The van der Waals surface area contributed by atoms with Gasteiger partial charge in [0.05, 0.1) is 0 Å². The maximum Gasteiger partial charge on any atom is 0.221 e. The molecule has 1 saturated heterocycles. The van der Waals surface area contributed by atoms with Gasteiger partial charge in [0.15, 0.2) is 0 Å². The summed E-state index contributed by atoms with van der Waals surface area (Å²) in [6.45, 7) is 3.84. The van der Waals surface area contributed by atoms with Crippen LogP contribution >= 0.6 is 0 Å². The Morgan fingerprint density at radius 3 is 2.67 bits per heavy atom. The second kappa shape index (κ2) is 3.33. The van der Waals surface area contributed by atoms with Crippen LogP contribution in [0.2, 0.25) is 0 Å². The minimum Gasteiger partial charge on any atom is -0.353 e. The summed E-state index contributed by atoms with van der Waals surface area (Å²) >= 11 is 0. The summed E-state index contributed by atoms with van der Waals surface area (Å²) in [4.78, 5) is 11.3. The number of carbonyl (C=O) groups is 1. The molecule has 0 radical (unpaired) electrons. The van der Waals surface area contributed by atoms with Crippen molar-refractivity contribution in [2.75, 3.05) is 0 Å². The predicted molar refractivity (Wildman–Crippen MR) is 56.0 cm³/mol. The molecule has 15 heavy (non-hydrogen) atoms. The summed E-state index contributed by atoms with van der Waals surface area (Å²) in [6, 6.07) is 6.64. The Morgan fingerprint density at radius 1 is 1.47 bits per heavy atom. The van der Waals surface area contributed by atoms with Gasteiger partial charge in [-0.15, -0.1) is 0 Å². The van der Waals surface area contributed by atoms with Crippen LogP contribution in [0, 0.1) is 5.82 Å². The van der Waals surface area contributed by atoms with Crippen molar-refractivity contribution in [3.05, 3.63) is 35.6 Å². The molecule has 0 bridgehead atoms. The molecule has 1 fully saturated rings. The SMILES string of the molecule is CC1NC(=O)CC1(C)c1ccccc1F. The van der Waals surface area contributed by atoms with Gasteiger partial charge >= 0.3 is 0 Å². The lowest BCUT2D eigenvalue weighted by Crippen LogP contribution is -2.36. The molecule has 2 rings (SSSR count). The van der Waals surface area contributed by atoms with Crippen molar-refractivity contribution < 1.29 is 9.18 Å². The first-order valence-corrected chi connectivity index (χ1v) is 5.08. The zero-order valence-corrected chi connectivity index (χ0v) is 8.88. The van der Waals surface area contributed by atoms with E-state index < -0.39 is 5.41 Å². The van der Waals surface area contributed by atoms with Crippen molar-refractivity contribution in [3.8, 4) is 0 Å². The van der Waals surface area contributed by atoms with Gasteiger partial charge < -0.3 is 5.32 Å². The number of carbonyl (C=O) groups excluding carboxylic acids is 1. The van der Waals surface area contributed by atoms with Gasteiger partial charge in [0.25, 0.3) is 0 Å². The molecule has 1 aliphatic heterocycles. The van der Waals surface area contributed by atoms with Crippen LogP contribution < -0.4 is 5.32 Å². The minimum atomic E-state index is -0.428. The molecular weight excluding hydrogens is 193 g/mol. The number of amides is 1. The summed E-state index contributed by atoms with van der Waals surface area (Å²) < 4.78 is 13.6. The lowest BCUT2D eigenvalue weighted by atomic mass is 9.76. The summed E-state index contributed by atoms with van der Waals surface area (Å²) in [5, 5.41) is 2.83. The van der Waals surface area contributed by atoms with Crippen LogP contribution in [0.5, 0.6) is 0 Å². The number of hydrogen-bond acceptors (Lipinski definition) is 1. The third-order valence-electron chi connectivity index (χ3n) is 3.35. The van der Waals surface area contributed by atoms with E-state index in [1.54, 1.807) is 18.2 Å². The molecule has 1 amide bonds. The second-order valence-corrected chi connectivity index (χ2v) is 4.36. The largest absolute Gasteiger partial charge is 0.353 e. The Bertz CT molecular complexity index is 404. The molecule has 0 aromatic heterocycles. The molecular formula is C12H14FNO. The lowest BCUT2D eigenvalue weighted by Gasteiger charge is -2.28. The fraction of sp³-hybridized carbons (Fsp3) is 0.417. The maximum atomic E-state index is 13.6. The van der Waals surface area contributed by atoms with E-state index in [-0.39, 0.29) is 17.8 Å². The summed E-state index contributed by atoms with van der Waals surface area (Å²) in [7, 11) is 0. The number of rotatable bonds is 1. The highest BCUT2D eigenvalue weighted by atomic mass is 19.1. The zero-order chi connectivity index (χ0) is 11.1. The van der Waals surface area contributed by atoms with Gasteiger partial charge in [0, 0.05) is 17.9 Å². The average Bonchev–Trinajstić information content (AvgIpc) is 2.42. The molecule has 1 heterocycles. The summed E-state index contributed by atoms with van der Waals surface area (Å²) in [6.07, 6.45) is 0.356. The van der Waals surface area contributed by atoms with Crippen molar-refractivity contribution in [2.45, 2.75) is 31.7 Å². The van der Waals surface area contributed by atoms with E-state index in [4.69, 9.17) is 0 Å². The van der Waals surface area contributed by atoms with Gasteiger partial charge in [-0.05, 0) is 18.6 Å². The van der Waals surface area contributed by atoms with E-state index in [1.165, 1.54) is 6.07 Å². The van der Waals surface area contributed by atoms with Crippen molar-refractivity contribution >= 4 is 5.91 Å². The van der Waals surface area contributed by atoms with Crippen LogP contribution in [0.4, 0.5) is 4.39 Å². The highest BCUT2D eigenvalue weighted by Gasteiger charge is 2.43. The summed E-state index contributed by atoms with van der Waals surface area (Å²) in [5.41, 5.74) is 0.193. The van der Waals surface area contributed by atoms with E-state index in [1.807, 2.05) is 13.8 Å². The molecule has 80 valence electrons. The van der Waals surface area contributed by atoms with Crippen LogP contribution in [-0.2, 0) is 10.2 Å². The van der Waals surface area contributed by atoms with Gasteiger partial charge in [-0.1, -0.05) is 25.1 Å². The van der Waals surface area contributed by atoms with Crippen LogP contribution in [0.1, 0.15) is 25.8 Å². The molecule has 1 aliphatic rings. The number of hydrogen-bond donors (Lipinski definition) is 1. The molecule has 2 nitrogen and oxygen atoms in total. The van der Waals surface area contributed by atoms with Crippen molar-refractivity contribution in [2.24, 2.45) is 0 Å². The Balaban J connectivity index is 2.46. The lowest BCUT2D eigenvalue weighted by molar-refractivity contribution is -0.119. The van der Waals surface area contributed by atoms with Gasteiger partial charge in [0.2, 0.25) is 5.91 Å². The molecule has 3 heteroatoms. The first-order valence-electron chi connectivity index (χ1n) is 5.08. The highest BCUT2D eigenvalue weighted by molar-refractivity contribution is 5.81. The van der Waals surface area contributed by atoms with Crippen LogP contribution in [-0.4, -0.2) is 11.9 Å². The predicted octanol–water partition coefficient (Wildman–Crippen LogP) is 1.99. The fourth-order valence-corrected chi connectivity index (χ4v) is 2.19. The smallest absolute Gasteiger partial charge is 0.221 e. The Morgan fingerprint density at radius 2 is 2.13 bits per heavy atom. The van der Waals surface area contributed by atoms with E-state index in [0.29, 0.717) is 12.0 Å². The second-order valence-electron chi connectivity index (χ2n) is 4.36. The van der Waals surface area contributed by atoms with Crippen molar-refractivity contribution in [3.63, 3.8) is 0 Å². The van der Waals surface area contributed by atoms with E-state index in [9.17, 15) is 9.18 Å². The molecule has 2 atom stereocenters. The number of nitrogens with one attached hydrogen (secondary N) is 1. The third kappa shape index (κ3) is 1.52. The van der Waals surface area contributed by atoms with Gasteiger partial charge in [-0.25, -0.2) is 4.39 Å². The molecule has 0 saturated carbocycles. The fourth-order valence-electron chi connectivity index (χ4n) is 2.19. The van der Waals surface area contributed by atoms with E-state index in [0.717, 1.165) is 0 Å². The monoisotopic (exact) mass is 207 g/mol.